The molecule has 1 N–H and O–H groups in total. The molecule has 208 valence electrons. The summed E-state index contributed by atoms with van der Waals surface area (Å²) < 4.78 is 28.9. The molecule has 0 saturated carbocycles. The topological polar surface area (TPSA) is 86.8 Å². The molecule has 0 aromatic heterocycles. The normalized spacial score (nSPS) is 12.0. The Bertz CT molecular complexity index is 1390. The number of unbranched alkanes of at least 4 members (excludes halogenated alkanes) is 1. The van der Waals surface area contributed by atoms with E-state index in [1.54, 1.807) is 49.4 Å². The van der Waals surface area contributed by atoms with Gasteiger partial charge in [0.2, 0.25) is 11.8 Å². The van der Waals surface area contributed by atoms with Crippen molar-refractivity contribution in [1.82, 2.24) is 10.2 Å². The van der Waals surface area contributed by atoms with Crippen molar-refractivity contribution in [3.05, 3.63) is 95.1 Å². The van der Waals surface area contributed by atoms with Gasteiger partial charge in [0.15, 0.2) is 0 Å². The molecule has 0 radical (unpaired) electrons. The minimum Gasteiger partial charge on any atom is -0.354 e. The number of carbonyl (C=O) groups excluding carboxylic acids is 2. The van der Waals surface area contributed by atoms with E-state index in [2.05, 4.69) is 5.32 Å². The first kappa shape index (κ1) is 29.9. The number of hydrogen-bond acceptors (Lipinski definition) is 4. The van der Waals surface area contributed by atoms with Gasteiger partial charge in [-0.05, 0) is 75.1 Å². The molecule has 0 saturated heterocycles. The molecule has 7 nitrogen and oxygen atoms in total. The van der Waals surface area contributed by atoms with Crippen molar-refractivity contribution in [2.24, 2.45) is 0 Å². The number of sulfonamides is 1. The minimum absolute atomic E-state index is 0.0956. The molecule has 0 fully saturated rings. The number of nitrogens with one attached hydrogen (secondary N) is 1. The van der Waals surface area contributed by atoms with Crippen LogP contribution < -0.4 is 9.62 Å². The maximum atomic E-state index is 14.0. The highest BCUT2D eigenvalue weighted by atomic mass is 32.2. The summed E-state index contributed by atoms with van der Waals surface area (Å²) in [5.41, 5.74) is 4.06. The highest BCUT2D eigenvalue weighted by molar-refractivity contribution is 7.92. The van der Waals surface area contributed by atoms with E-state index in [0.717, 1.165) is 39.4 Å². The second-order valence-corrected chi connectivity index (χ2v) is 11.8. The summed E-state index contributed by atoms with van der Waals surface area (Å²) in [5.74, 6) is -0.734. The fraction of sp³-hybridized carbons (Fsp3) is 0.355. The molecule has 8 heteroatoms. The van der Waals surface area contributed by atoms with E-state index in [9.17, 15) is 18.0 Å². The van der Waals surface area contributed by atoms with Gasteiger partial charge in [0.1, 0.15) is 12.6 Å². The van der Waals surface area contributed by atoms with E-state index in [4.69, 9.17) is 0 Å². The second kappa shape index (κ2) is 13.4. The average Bonchev–Trinajstić information content (AvgIpc) is 2.91. The third kappa shape index (κ3) is 7.69. The van der Waals surface area contributed by atoms with Gasteiger partial charge in [0.05, 0.1) is 10.6 Å². The van der Waals surface area contributed by atoms with Crippen molar-refractivity contribution in [2.75, 3.05) is 17.4 Å². The fourth-order valence-electron chi connectivity index (χ4n) is 4.24. The van der Waals surface area contributed by atoms with E-state index in [-0.39, 0.29) is 17.3 Å². The molecule has 3 aromatic carbocycles. The van der Waals surface area contributed by atoms with E-state index >= 15 is 0 Å². The summed E-state index contributed by atoms with van der Waals surface area (Å²) in [4.78, 5) is 28.6. The van der Waals surface area contributed by atoms with Gasteiger partial charge in [0.25, 0.3) is 10.0 Å². The molecule has 1 unspecified atom stereocenters. The minimum atomic E-state index is -4.08. The Labute approximate surface area is 232 Å². The summed E-state index contributed by atoms with van der Waals surface area (Å²) in [7, 11) is -4.08. The maximum Gasteiger partial charge on any atom is 0.264 e. The van der Waals surface area contributed by atoms with Crippen LogP contribution in [-0.4, -0.2) is 44.3 Å². The van der Waals surface area contributed by atoms with Gasteiger partial charge in [-0.1, -0.05) is 67.4 Å². The zero-order valence-electron chi connectivity index (χ0n) is 23.5. The number of rotatable bonds is 12. The lowest BCUT2D eigenvalue weighted by Crippen LogP contribution is -2.51. The van der Waals surface area contributed by atoms with Crippen molar-refractivity contribution < 1.29 is 18.0 Å². The number of nitrogens with zero attached hydrogens (tertiary/aromatic N) is 2. The second-order valence-electron chi connectivity index (χ2n) is 9.93. The van der Waals surface area contributed by atoms with Crippen LogP contribution in [0.2, 0.25) is 0 Å². The molecule has 1 atom stereocenters. The third-order valence-corrected chi connectivity index (χ3v) is 8.56. The Kier molecular flexibility index (Phi) is 10.3. The predicted octanol–water partition coefficient (Wildman–Crippen LogP) is 5.14. The summed E-state index contributed by atoms with van der Waals surface area (Å²) in [6.07, 6.45) is 1.77. The van der Waals surface area contributed by atoms with Gasteiger partial charge < -0.3 is 10.2 Å². The first-order valence-electron chi connectivity index (χ1n) is 13.3. The highest BCUT2D eigenvalue weighted by Crippen LogP contribution is 2.26. The molecule has 0 aliphatic rings. The van der Waals surface area contributed by atoms with Crippen LogP contribution in [0.5, 0.6) is 0 Å². The molecule has 0 aliphatic carbocycles. The highest BCUT2D eigenvalue weighted by Gasteiger charge is 2.32. The molecular weight excluding hydrogens is 510 g/mol. The number of hydrogen-bond donors (Lipinski definition) is 1. The zero-order chi connectivity index (χ0) is 28.6. The summed E-state index contributed by atoms with van der Waals surface area (Å²) in [6.45, 7) is 9.68. The molecule has 0 aliphatic heterocycles. The number of amides is 2. The Hall–Kier alpha value is -3.65. The standard InChI is InChI=1S/C31H39N3O4S/c1-6-7-19-32-31(36)26(5)33(21-27-13-9-8-12-25(27)4)30(35)22-34(28-14-10-11-24(3)20-28)39(37,38)29-17-15-23(2)16-18-29/h8-18,20,26H,6-7,19,21-22H2,1-5H3,(H,32,36). The van der Waals surface area contributed by atoms with E-state index in [1.165, 1.54) is 4.90 Å². The zero-order valence-corrected chi connectivity index (χ0v) is 24.3. The largest absolute Gasteiger partial charge is 0.354 e. The van der Waals surface area contributed by atoms with Gasteiger partial charge in [0, 0.05) is 13.1 Å². The van der Waals surface area contributed by atoms with Gasteiger partial charge in [-0.2, -0.15) is 0 Å². The van der Waals surface area contributed by atoms with Crippen LogP contribution in [0.3, 0.4) is 0 Å². The van der Waals surface area contributed by atoms with Crippen LogP contribution >= 0.6 is 0 Å². The molecule has 0 bridgehead atoms. The molecule has 2 amide bonds. The number of aryl methyl sites for hydroxylation is 3. The smallest absolute Gasteiger partial charge is 0.264 e. The van der Waals surface area contributed by atoms with Crippen molar-refractivity contribution in [2.45, 2.75) is 64.9 Å². The van der Waals surface area contributed by atoms with Crippen LogP contribution in [0.15, 0.2) is 77.7 Å². The summed E-state index contributed by atoms with van der Waals surface area (Å²) in [5, 5.41) is 2.91. The lowest BCUT2D eigenvalue weighted by Gasteiger charge is -2.32. The van der Waals surface area contributed by atoms with Gasteiger partial charge in [-0.3, -0.25) is 13.9 Å². The van der Waals surface area contributed by atoms with Gasteiger partial charge in [-0.25, -0.2) is 8.42 Å². The van der Waals surface area contributed by atoms with Crippen molar-refractivity contribution >= 4 is 27.5 Å². The third-order valence-electron chi connectivity index (χ3n) is 6.78. The molecule has 3 aromatic rings. The van der Waals surface area contributed by atoms with E-state index < -0.39 is 28.5 Å². The Morgan fingerprint density at radius 1 is 0.897 bits per heavy atom. The molecule has 0 spiro atoms. The van der Waals surface area contributed by atoms with E-state index in [0.29, 0.717) is 12.2 Å². The van der Waals surface area contributed by atoms with Gasteiger partial charge >= 0.3 is 0 Å². The van der Waals surface area contributed by atoms with Crippen molar-refractivity contribution in [3.8, 4) is 0 Å². The lowest BCUT2D eigenvalue weighted by atomic mass is 10.1. The fourth-order valence-corrected chi connectivity index (χ4v) is 5.65. The average molecular weight is 550 g/mol. The van der Waals surface area contributed by atoms with Crippen LogP contribution in [0.1, 0.15) is 48.9 Å². The van der Waals surface area contributed by atoms with Gasteiger partial charge in [-0.15, -0.1) is 0 Å². The Morgan fingerprint density at radius 3 is 2.23 bits per heavy atom. The number of benzene rings is 3. The number of anilines is 1. The first-order valence-corrected chi connectivity index (χ1v) is 14.8. The molecule has 0 heterocycles. The van der Waals surface area contributed by atoms with Crippen molar-refractivity contribution in [3.63, 3.8) is 0 Å². The summed E-state index contributed by atoms with van der Waals surface area (Å²) in [6, 6.07) is 20.5. The van der Waals surface area contributed by atoms with Crippen LogP contribution in [0.25, 0.3) is 0 Å². The Morgan fingerprint density at radius 2 is 1.59 bits per heavy atom. The number of carbonyl (C=O) groups is 2. The van der Waals surface area contributed by atoms with Crippen molar-refractivity contribution in [1.29, 1.82) is 0 Å². The lowest BCUT2D eigenvalue weighted by molar-refractivity contribution is -0.139. The Balaban J connectivity index is 2.01. The maximum absolute atomic E-state index is 14.0. The molecule has 39 heavy (non-hydrogen) atoms. The monoisotopic (exact) mass is 549 g/mol. The predicted molar refractivity (Wildman–Crippen MR) is 156 cm³/mol. The summed E-state index contributed by atoms with van der Waals surface area (Å²) >= 11 is 0. The van der Waals surface area contributed by atoms with Crippen LogP contribution in [-0.2, 0) is 26.2 Å². The SMILES string of the molecule is CCCCNC(=O)C(C)N(Cc1ccccc1C)C(=O)CN(c1cccc(C)c1)S(=O)(=O)c1ccc(C)cc1. The van der Waals surface area contributed by atoms with Crippen LogP contribution in [0, 0.1) is 20.8 Å². The quantitative estimate of drug-likeness (QED) is 0.317. The molecule has 3 rings (SSSR count). The first-order chi connectivity index (χ1) is 18.5. The van der Waals surface area contributed by atoms with Crippen LogP contribution in [0.4, 0.5) is 5.69 Å². The van der Waals surface area contributed by atoms with E-state index in [1.807, 2.05) is 58.0 Å². The molecular formula is C31H39N3O4S.